The Morgan fingerprint density at radius 2 is 1.78 bits per heavy atom. The number of hydrogen-bond acceptors (Lipinski definition) is 3. The molecule has 0 aliphatic carbocycles. The van der Waals surface area contributed by atoms with Gasteiger partial charge in [0.1, 0.15) is 5.75 Å². The summed E-state index contributed by atoms with van der Waals surface area (Å²) in [7, 11) is 1.53. The van der Waals surface area contributed by atoms with Gasteiger partial charge in [-0.1, -0.05) is 22.0 Å². The number of anilines is 1. The van der Waals surface area contributed by atoms with Crippen molar-refractivity contribution in [2.45, 2.75) is 6.92 Å². The van der Waals surface area contributed by atoms with Gasteiger partial charge in [0, 0.05) is 16.1 Å². The van der Waals surface area contributed by atoms with Gasteiger partial charge in [0.15, 0.2) is 5.78 Å². The summed E-state index contributed by atoms with van der Waals surface area (Å²) in [4.78, 5) is 24.0. The summed E-state index contributed by atoms with van der Waals surface area (Å²) in [5.74, 6) is -0.0557. The van der Waals surface area contributed by atoms with E-state index in [0.717, 1.165) is 10.0 Å². The number of carbonyl (C=O) groups excluding carboxylic acids is 2. The number of aryl methyl sites for hydroxylation is 1. The zero-order valence-electron chi connectivity index (χ0n) is 12.8. The minimum Gasteiger partial charge on any atom is -0.495 e. The summed E-state index contributed by atoms with van der Waals surface area (Å²) < 4.78 is 6.09. The first-order valence-corrected chi connectivity index (χ1v) is 7.72. The first kappa shape index (κ1) is 17.0. The van der Waals surface area contributed by atoms with Gasteiger partial charge < -0.3 is 10.1 Å². The van der Waals surface area contributed by atoms with Crippen LogP contribution in [0, 0.1) is 6.92 Å². The van der Waals surface area contributed by atoms with Crippen molar-refractivity contribution >= 4 is 33.3 Å². The van der Waals surface area contributed by atoms with Crippen LogP contribution in [0.4, 0.5) is 5.69 Å². The normalized spacial score (nSPS) is 10.6. The van der Waals surface area contributed by atoms with Crippen LogP contribution in [0.3, 0.4) is 0 Å². The molecule has 1 amide bonds. The lowest BCUT2D eigenvalue weighted by Gasteiger charge is -2.09. The van der Waals surface area contributed by atoms with Crippen LogP contribution in [0.25, 0.3) is 0 Å². The third kappa shape index (κ3) is 4.79. The molecule has 118 valence electrons. The van der Waals surface area contributed by atoms with E-state index in [9.17, 15) is 9.59 Å². The van der Waals surface area contributed by atoms with Crippen LogP contribution in [0.2, 0.25) is 0 Å². The smallest absolute Gasteiger partial charge is 0.248 e. The topological polar surface area (TPSA) is 55.4 Å². The maximum absolute atomic E-state index is 12.0. The van der Waals surface area contributed by atoms with Crippen molar-refractivity contribution in [3.63, 3.8) is 0 Å². The van der Waals surface area contributed by atoms with Crippen LogP contribution >= 0.6 is 15.9 Å². The monoisotopic (exact) mass is 373 g/mol. The number of amides is 1. The van der Waals surface area contributed by atoms with E-state index in [0.29, 0.717) is 17.0 Å². The third-order valence-corrected chi connectivity index (χ3v) is 3.66. The fourth-order valence-electron chi connectivity index (χ4n) is 1.96. The molecular weight excluding hydrogens is 358 g/mol. The molecule has 0 saturated heterocycles. The highest BCUT2D eigenvalue weighted by molar-refractivity contribution is 9.10. The summed E-state index contributed by atoms with van der Waals surface area (Å²) >= 11 is 3.31. The fourth-order valence-corrected chi connectivity index (χ4v) is 2.22. The Bertz CT molecular complexity index is 751. The van der Waals surface area contributed by atoms with Crippen molar-refractivity contribution in [2.75, 3.05) is 12.4 Å². The molecule has 0 unspecified atom stereocenters. The number of ketones is 1. The van der Waals surface area contributed by atoms with Gasteiger partial charge in [-0.2, -0.15) is 0 Å². The lowest BCUT2D eigenvalue weighted by atomic mass is 10.1. The minimum atomic E-state index is -0.389. The summed E-state index contributed by atoms with van der Waals surface area (Å²) in [5.41, 5.74) is 2.08. The first-order valence-electron chi connectivity index (χ1n) is 6.93. The van der Waals surface area contributed by atoms with Crippen LogP contribution in [0.15, 0.2) is 59.1 Å². The standard InChI is InChI=1S/C18H16BrNO3/c1-12-3-9-17(23-2)15(11-12)20-18(22)10-8-16(21)13-4-6-14(19)7-5-13/h3-11H,1-2H3,(H,20,22)/b10-8+. The van der Waals surface area contributed by atoms with Gasteiger partial charge in [-0.3, -0.25) is 9.59 Å². The summed E-state index contributed by atoms with van der Waals surface area (Å²) in [6.45, 7) is 1.92. The molecule has 5 heteroatoms. The molecule has 0 fully saturated rings. The number of methoxy groups -OCH3 is 1. The van der Waals surface area contributed by atoms with Crippen molar-refractivity contribution < 1.29 is 14.3 Å². The number of halogens is 1. The van der Waals surface area contributed by atoms with Crippen molar-refractivity contribution in [3.8, 4) is 5.75 Å². The molecule has 0 atom stereocenters. The molecule has 0 aliphatic heterocycles. The number of rotatable bonds is 5. The highest BCUT2D eigenvalue weighted by atomic mass is 79.9. The highest BCUT2D eigenvalue weighted by Crippen LogP contribution is 2.25. The maximum atomic E-state index is 12.0. The Kier molecular flexibility index (Phi) is 5.71. The number of hydrogen-bond donors (Lipinski definition) is 1. The van der Waals surface area contributed by atoms with Gasteiger partial charge in [-0.05, 0) is 55.0 Å². The van der Waals surface area contributed by atoms with E-state index in [-0.39, 0.29) is 11.7 Å². The molecule has 0 heterocycles. The molecule has 0 radical (unpaired) electrons. The van der Waals surface area contributed by atoms with E-state index >= 15 is 0 Å². The van der Waals surface area contributed by atoms with Gasteiger partial charge in [-0.15, -0.1) is 0 Å². The molecule has 4 nitrogen and oxygen atoms in total. The minimum absolute atomic E-state index is 0.233. The Morgan fingerprint density at radius 1 is 1.09 bits per heavy atom. The van der Waals surface area contributed by atoms with Crippen molar-refractivity contribution in [1.82, 2.24) is 0 Å². The molecule has 0 saturated carbocycles. The second kappa shape index (κ2) is 7.74. The number of ether oxygens (including phenoxy) is 1. The van der Waals surface area contributed by atoms with Crippen LogP contribution in [-0.2, 0) is 4.79 Å². The van der Waals surface area contributed by atoms with E-state index in [4.69, 9.17) is 4.74 Å². The number of benzene rings is 2. The second-order valence-corrected chi connectivity index (χ2v) is 5.81. The van der Waals surface area contributed by atoms with Gasteiger partial charge >= 0.3 is 0 Å². The number of nitrogens with one attached hydrogen (secondary N) is 1. The zero-order chi connectivity index (χ0) is 16.8. The average Bonchev–Trinajstić information content (AvgIpc) is 2.53. The van der Waals surface area contributed by atoms with Crippen LogP contribution < -0.4 is 10.1 Å². The Balaban J connectivity index is 2.06. The van der Waals surface area contributed by atoms with Gasteiger partial charge in [0.2, 0.25) is 5.91 Å². The lowest BCUT2D eigenvalue weighted by Crippen LogP contribution is -2.10. The SMILES string of the molecule is COc1ccc(C)cc1NC(=O)/C=C/C(=O)c1ccc(Br)cc1. The molecule has 2 aromatic rings. The van der Waals surface area contributed by atoms with Crippen molar-refractivity contribution in [2.24, 2.45) is 0 Å². The molecule has 0 spiro atoms. The number of allylic oxidation sites excluding steroid dienone is 1. The van der Waals surface area contributed by atoms with E-state index in [1.54, 1.807) is 36.4 Å². The summed E-state index contributed by atoms with van der Waals surface area (Å²) in [5, 5.41) is 2.71. The lowest BCUT2D eigenvalue weighted by molar-refractivity contribution is -0.111. The Morgan fingerprint density at radius 3 is 2.43 bits per heavy atom. The van der Waals surface area contributed by atoms with E-state index < -0.39 is 0 Å². The van der Waals surface area contributed by atoms with Crippen LogP contribution in [-0.4, -0.2) is 18.8 Å². The van der Waals surface area contributed by atoms with Crippen LogP contribution in [0.1, 0.15) is 15.9 Å². The van der Waals surface area contributed by atoms with E-state index in [1.807, 2.05) is 13.0 Å². The Labute approximate surface area is 143 Å². The van der Waals surface area contributed by atoms with Crippen LogP contribution in [0.5, 0.6) is 5.75 Å². The predicted molar refractivity (Wildman–Crippen MR) is 94.0 cm³/mol. The first-order chi connectivity index (χ1) is 11.0. The zero-order valence-corrected chi connectivity index (χ0v) is 14.4. The van der Waals surface area contributed by atoms with Gasteiger partial charge in [-0.25, -0.2) is 0 Å². The second-order valence-electron chi connectivity index (χ2n) is 4.90. The molecular formula is C18H16BrNO3. The molecule has 0 aliphatic rings. The average molecular weight is 374 g/mol. The molecule has 2 aromatic carbocycles. The summed E-state index contributed by atoms with van der Waals surface area (Å²) in [6.07, 6.45) is 2.47. The van der Waals surface area contributed by atoms with E-state index in [2.05, 4.69) is 21.2 Å². The summed E-state index contributed by atoms with van der Waals surface area (Å²) in [6, 6.07) is 12.4. The van der Waals surface area contributed by atoms with Crippen molar-refractivity contribution in [1.29, 1.82) is 0 Å². The highest BCUT2D eigenvalue weighted by Gasteiger charge is 2.07. The maximum Gasteiger partial charge on any atom is 0.248 e. The molecule has 0 bridgehead atoms. The molecule has 23 heavy (non-hydrogen) atoms. The van der Waals surface area contributed by atoms with E-state index in [1.165, 1.54) is 19.3 Å². The fraction of sp³-hybridized carbons (Fsp3) is 0.111. The number of carbonyl (C=O) groups is 2. The molecule has 2 rings (SSSR count). The quantitative estimate of drug-likeness (QED) is 0.632. The predicted octanol–water partition coefficient (Wildman–Crippen LogP) is 4.14. The van der Waals surface area contributed by atoms with Crippen molar-refractivity contribution in [3.05, 3.63) is 70.2 Å². The van der Waals surface area contributed by atoms with Gasteiger partial charge in [0.05, 0.1) is 12.8 Å². The largest absolute Gasteiger partial charge is 0.495 e. The molecule has 0 aromatic heterocycles. The Hall–Kier alpha value is -2.40. The third-order valence-electron chi connectivity index (χ3n) is 3.13. The van der Waals surface area contributed by atoms with Gasteiger partial charge in [0.25, 0.3) is 0 Å². The molecule has 1 N–H and O–H groups in total.